The van der Waals surface area contributed by atoms with Crippen molar-refractivity contribution in [2.24, 2.45) is 0 Å². The molecule has 0 aliphatic heterocycles. The number of unbranched alkanes of at least 4 members (excludes halogenated alkanes) is 1. The van der Waals surface area contributed by atoms with Crippen LogP contribution in [0, 0.1) is 0 Å². The Hall–Kier alpha value is -2.90. The first kappa shape index (κ1) is 16.0. The van der Waals surface area contributed by atoms with Crippen molar-refractivity contribution >= 4 is 22.8 Å². The topological polar surface area (TPSA) is 104 Å². The molecule has 3 aromatic heterocycles. The smallest absolute Gasteiger partial charge is 0.222 e. The minimum atomic E-state index is 0.233. The number of hydrogen-bond donors (Lipinski definition) is 2. The van der Waals surface area contributed by atoms with Crippen LogP contribution in [0.5, 0.6) is 5.75 Å². The Balaban J connectivity index is 1.91. The number of nitrogens with two attached hydrogens (primary N) is 1. The first-order chi connectivity index (χ1) is 11.7. The van der Waals surface area contributed by atoms with Crippen molar-refractivity contribution in [2.45, 2.75) is 26.3 Å². The minimum Gasteiger partial charge on any atom is -0.495 e. The van der Waals surface area contributed by atoms with E-state index in [1.165, 1.54) is 0 Å². The molecule has 0 amide bonds. The van der Waals surface area contributed by atoms with Crippen molar-refractivity contribution in [3.8, 4) is 5.75 Å². The van der Waals surface area contributed by atoms with E-state index >= 15 is 0 Å². The number of methoxy groups -OCH3 is 1. The summed E-state index contributed by atoms with van der Waals surface area (Å²) in [5.74, 6) is 1.62. The predicted molar refractivity (Wildman–Crippen MR) is 93.0 cm³/mol. The summed E-state index contributed by atoms with van der Waals surface area (Å²) in [5, 5.41) is 7.86. The molecule has 0 atom stereocenters. The predicted octanol–water partition coefficient (Wildman–Crippen LogP) is 2.07. The molecule has 3 heterocycles. The lowest BCUT2D eigenvalue weighted by Gasteiger charge is -2.06. The Kier molecular flexibility index (Phi) is 4.74. The van der Waals surface area contributed by atoms with Crippen LogP contribution in [0.1, 0.15) is 25.5 Å². The van der Waals surface area contributed by atoms with E-state index in [4.69, 9.17) is 10.5 Å². The van der Waals surface area contributed by atoms with E-state index in [-0.39, 0.29) is 5.95 Å². The molecule has 3 aromatic rings. The second kappa shape index (κ2) is 7.12. The van der Waals surface area contributed by atoms with Gasteiger partial charge in [-0.15, -0.1) is 0 Å². The highest BCUT2D eigenvalue weighted by atomic mass is 16.5. The highest BCUT2D eigenvalue weighted by Crippen LogP contribution is 2.21. The molecule has 0 aromatic carbocycles. The van der Waals surface area contributed by atoms with Crippen LogP contribution < -0.4 is 15.8 Å². The van der Waals surface area contributed by atoms with Crippen LogP contribution in [0.4, 0.5) is 11.8 Å². The monoisotopic (exact) mass is 327 g/mol. The summed E-state index contributed by atoms with van der Waals surface area (Å²) < 4.78 is 7.11. The van der Waals surface area contributed by atoms with Gasteiger partial charge in [0, 0.05) is 12.7 Å². The third-order valence-corrected chi connectivity index (χ3v) is 3.63. The van der Waals surface area contributed by atoms with Gasteiger partial charge in [-0.3, -0.25) is 9.67 Å². The van der Waals surface area contributed by atoms with Crippen LogP contribution in [0.2, 0.25) is 0 Å². The third-order valence-electron chi connectivity index (χ3n) is 3.63. The van der Waals surface area contributed by atoms with E-state index in [1.807, 2.05) is 18.3 Å². The summed E-state index contributed by atoms with van der Waals surface area (Å²) in [4.78, 5) is 12.9. The van der Waals surface area contributed by atoms with E-state index in [9.17, 15) is 0 Å². The van der Waals surface area contributed by atoms with Gasteiger partial charge in [0.15, 0.2) is 11.3 Å². The first-order valence-electron chi connectivity index (χ1n) is 7.93. The fourth-order valence-electron chi connectivity index (χ4n) is 2.45. The molecule has 8 heteroatoms. The fraction of sp³-hybridized carbons (Fsp3) is 0.375. The maximum atomic E-state index is 5.80. The number of ether oxygens (including phenoxy) is 1. The maximum Gasteiger partial charge on any atom is 0.222 e. The fourth-order valence-corrected chi connectivity index (χ4v) is 2.45. The van der Waals surface area contributed by atoms with Crippen molar-refractivity contribution in [3.63, 3.8) is 0 Å². The van der Waals surface area contributed by atoms with Gasteiger partial charge in [-0.2, -0.15) is 10.1 Å². The Morgan fingerprint density at radius 2 is 2.21 bits per heavy atom. The highest BCUT2D eigenvalue weighted by Gasteiger charge is 2.12. The molecule has 0 radical (unpaired) electrons. The molecule has 0 saturated heterocycles. The van der Waals surface area contributed by atoms with Crippen molar-refractivity contribution in [1.29, 1.82) is 0 Å². The molecule has 24 heavy (non-hydrogen) atoms. The van der Waals surface area contributed by atoms with Gasteiger partial charge in [-0.1, -0.05) is 13.3 Å². The largest absolute Gasteiger partial charge is 0.495 e. The number of hydrogen-bond acceptors (Lipinski definition) is 7. The van der Waals surface area contributed by atoms with E-state index in [0.29, 0.717) is 23.4 Å². The number of fused-ring (bicyclic) bond motifs is 1. The number of nitrogens with zero attached hydrogens (tertiary/aromatic N) is 5. The van der Waals surface area contributed by atoms with Crippen LogP contribution >= 0.6 is 0 Å². The van der Waals surface area contributed by atoms with Gasteiger partial charge in [0.05, 0.1) is 19.9 Å². The Morgan fingerprint density at radius 1 is 1.33 bits per heavy atom. The number of aromatic nitrogens is 5. The SMILES string of the molecule is CCCCNc1nc(N)nc2cn(Cc3ncccc3OC)nc12. The van der Waals surface area contributed by atoms with Crippen LogP contribution in [-0.4, -0.2) is 38.4 Å². The summed E-state index contributed by atoms with van der Waals surface area (Å²) in [6.07, 6.45) is 5.73. The summed E-state index contributed by atoms with van der Waals surface area (Å²) in [6.45, 7) is 3.44. The second-order valence-corrected chi connectivity index (χ2v) is 5.42. The standard InChI is InChI=1S/C16H21N7O/c1-3-4-7-19-15-14-12(20-16(17)21-15)10-23(22-14)9-11-13(24-2)6-5-8-18-11/h5-6,8,10H,3-4,7,9H2,1-2H3,(H3,17,19,20,21). The number of nitrogens with one attached hydrogen (secondary N) is 1. The van der Waals surface area contributed by atoms with Gasteiger partial charge in [-0.25, -0.2) is 4.98 Å². The van der Waals surface area contributed by atoms with Crippen molar-refractivity contribution in [2.75, 3.05) is 24.7 Å². The molecular formula is C16H21N7O. The normalized spacial score (nSPS) is 10.9. The lowest BCUT2D eigenvalue weighted by atomic mass is 10.3. The van der Waals surface area contributed by atoms with Gasteiger partial charge < -0.3 is 15.8 Å². The van der Waals surface area contributed by atoms with Gasteiger partial charge >= 0.3 is 0 Å². The summed E-state index contributed by atoms with van der Waals surface area (Å²) in [7, 11) is 1.63. The lowest BCUT2D eigenvalue weighted by Crippen LogP contribution is -2.07. The quantitative estimate of drug-likeness (QED) is 0.640. The summed E-state index contributed by atoms with van der Waals surface area (Å²) in [6, 6.07) is 3.71. The second-order valence-electron chi connectivity index (χ2n) is 5.42. The molecular weight excluding hydrogens is 306 g/mol. The molecule has 8 nitrogen and oxygen atoms in total. The molecule has 0 spiro atoms. The lowest BCUT2D eigenvalue weighted by molar-refractivity contribution is 0.404. The van der Waals surface area contributed by atoms with Crippen LogP contribution in [0.25, 0.3) is 11.0 Å². The van der Waals surface area contributed by atoms with Gasteiger partial charge in [-0.05, 0) is 18.6 Å². The molecule has 0 bridgehead atoms. The van der Waals surface area contributed by atoms with Crippen LogP contribution in [-0.2, 0) is 6.54 Å². The molecule has 126 valence electrons. The van der Waals surface area contributed by atoms with E-state index < -0.39 is 0 Å². The van der Waals surface area contributed by atoms with Crippen molar-refractivity contribution in [1.82, 2.24) is 24.7 Å². The van der Waals surface area contributed by atoms with Crippen LogP contribution in [0.3, 0.4) is 0 Å². The van der Waals surface area contributed by atoms with Gasteiger partial charge in [0.2, 0.25) is 5.95 Å². The number of rotatable bonds is 7. The number of nitrogen functional groups attached to an aromatic ring is 1. The zero-order chi connectivity index (χ0) is 16.9. The Morgan fingerprint density at radius 3 is 3.00 bits per heavy atom. The molecule has 0 unspecified atom stereocenters. The average Bonchev–Trinajstić information content (AvgIpc) is 2.98. The van der Waals surface area contributed by atoms with E-state index in [1.54, 1.807) is 18.0 Å². The first-order valence-corrected chi connectivity index (χ1v) is 7.93. The van der Waals surface area contributed by atoms with Gasteiger partial charge in [0.25, 0.3) is 0 Å². The number of anilines is 2. The summed E-state index contributed by atoms with van der Waals surface area (Å²) >= 11 is 0. The zero-order valence-corrected chi connectivity index (χ0v) is 13.9. The average molecular weight is 327 g/mol. The maximum absolute atomic E-state index is 5.80. The molecule has 0 aliphatic carbocycles. The summed E-state index contributed by atoms with van der Waals surface area (Å²) in [5.41, 5.74) is 8.01. The van der Waals surface area contributed by atoms with Crippen LogP contribution in [0.15, 0.2) is 24.5 Å². The molecule has 3 rings (SSSR count). The molecule has 0 aliphatic rings. The molecule has 0 fully saturated rings. The van der Waals surface area contributed by atoms with E-state index in [2.05, 4.69) is 32.3 Å². The van der Waals surface area contributed by atoms with Crippen molar-refractivity contribution in [3.05, 3.63) is 30.2 Å². The third kappa shape index (κ3) is 3.37. The Labute approximate surface area is 140 Å². The van der Waals surface area contributed by atoms with E-state index in [0.717, 1.165) is 30.8 Å². The highest BCUT2D eigenvalue weighted by molar-refractivity contribution is 5.85. The number of pyridine rings is 1. The molecule has 0 saturated carbocycles. The zero-order valence-electron chi connectivity index (χ0n) is 13.9. The minimum absolute atomic E-state index is 0.233. The van der Waals surface area contributed by atoms with Gasteiger partial charge in [0.1, 0.15) is 17.0 Å². The van der Waals surface area contributed by atoms with Crippen molar-refractivity contribution < 1.29 is 4.74 Å². The molecule has 3 N–H and O–H groups in total. The Bertz CT molecular complexity index is 830.